The van der Waals surface area contributed by atoms with Gasteiger partial charge in [0.25, 0.3) is 0 Å². The first-order chi connectivity index (χ1) is 9.90. The molecule has 0 aliphatic carbocycles. The van der Waals surface area contributed by atoms with Crippen molar-refractivity contribution in [3.05, 3.63) is 54.1 Å². The Morgan fingerprint density at radius 2 is 1.48 bits per heavy atom. The second-order valence-corrected chi connectivity index (χ2v) is 6.85. The Morgan fingerprint density at radius 3 is 1.90 bits per heavy atom. The molecule has 1 N–H and O–H groups in total. The fourth-order valence-corrected chi connectivity index (χ4v) is 2.52. The molecule has 2 aromatic rings. The Bertz CT molecular complexity index is 688. The molecule has 0 aliphatic heterocycles. The van der Waals surface area contributed by atoms with Crippen LogP contribution in [-0.4, -0.2) is 19.8 Å². The van der Waals surface area contributed by atoms with Crippen LogP contribution in [0, 0.1) is 0 Å². The number of aliphatic hydroxyl groups is 1. The van der Waals surface area contributed by atoms with Crippen LogP contribution in [-0.2, 0) is 9.84 Å². The number of rotatable bonds is 5. The summed E-state index contributed by atoms with van der Waals surface area (Å²) in [5.41, 5.74) is 0.845. The van der Waals surface area contributed by atoms with Crippen molar-refractivity contribution in [1.29, 1.82) is 0 Å². The van der Waals surface area contributed by atoms with Crippen molar-refractivity contribution in [1.82, 2.24) is 0 Å². The van der Waals surface area contributed by atoms with Gasteiger partial charge in [-0.3, -0.25) is 0 Å². The molecule has 0 unspecified atom stereocenters. The molecule has 0 amide bonds. The van der Waals surface area contributed by atoms with E-state index in [1.165, 1.54) is 18.4 Å². The van der Waals surface area contributed by atoms with E-state index in [2.05, 4.69) is 0 Å². The SMILES string of the molecule is CC[C@H](O)c1ccc(Oc2ccc(S(C)(=O)=O)cc2)cc1. The maximum absolute atomic E-state index is 11.4. The average molecular weight is 306 g/mol. The van der Waals surface area contributed by atoms with E-state index in [1.807, 2.05) is 19.1 Å². The molecule has 0 saturated carbocycles. The first-order valence-electron chi connectivity index (χ1n) is 6.66. The van der Waals surface area contributed by atoms with Gasteiger partial charge in [-0.2, -0.15) is 0 Å². The highest BCUT2D eigenvalue weighted by Gasteiger charge is 2.07. The molecule has 1 atom stereocenters. The molecular weight excluding hydrogens is 288 g/mol. The highest BCUT2D eigenvalue weighted by atomic mass is 32.2. The molecule has 0 radical (unpaired) electrons. The Balaban J connectivity index is 2.11. The number of aliphatic hydroxyl groups excluding tert-OH is 1. The van der Waals surface area contributed by atoms with E-state index in [1.54, 1.807) is 24.3 Å². The molecule has 112 valence electrons. The monoisotopic (exact) mass is 306 g/mol. The zero-order valence-electron chi connectivity index (χ0n) is 12.0. The fraction of sp³-hybridized carbons (Fsp3) is 0.250. The van der Waals surface area contributed by atoms with Crippen molar-refractivity contribution in [2.24, 2.45) is 0 Å². The lowest BCUT2D eigenvalue weighted by atomic mass is 10.1. The topological polar surface area (TPSA) is 63.6 Å². The second kappa shape index (κ2) is 6.28. The lowest BCUT2D eigenvalue weighted by molar-refractivity contribution is 0.173. The van der Waals surface area contributed by atoms with Crippen molar-refractivity contribution in [2.45, 2.75) is 24.3 Å². The summed E-state index contributed by atoms with van der Waals surface area (Å²) in [5, 5.41) is 9.72. The van der Waals surface area contributed by atoms with Gasteiger partial charge >= 0.3 is 0 Å². The summed E-state index contributed by atoms with van der Waals surface area (Å²) in [4.78, 5) is 0.260. The molecule has 0 saturated heterocycles. The zero-order chi connectivity index (χ0) is 15.5. The van der Waals surface area contributed by atoms with Crippen LogP contribution in [0.15, 0.2) is 53.4 Å². The van der Waals surface area contributed by atoms with E-state index < -0.39 is 15.9 Å². The molecule has 4 nitrogen and oxygen atoms in total. The minimum atomic E-state index is -3.19. The predicted octanol–water partition coefficient (Wildman–Crippen LogP) is 3.33. The van der Waals surface area contributed by atoms with Gasteiger partial charge in [-0.1, -0.05) is 19.1 Å². The summed E-state index contributed by atoms with van der Waals surface area (Å²) >= 11 is 0. The lowest BCUT2D eigenvalue weighted by Crippen LogP contribution is -1.96. The van der Waals surface area contributed by atoms with Crippen LogP contribution in [0.1, 0.15) is 25.0 Å². The molecule has 0 fully saturated rings. The molecule has 0 bridgehead atoms. The van der Waals surface area contributed by atoms with Gasteiger partial charge in [0.05, 0.1) is 11.0 Å². The van der Waals surface area contributed by atoms with Crippen LogP contribution in [0.2, 0.25) is 0 Å². The molecule has 0 spiro atoms. The smallest absolute Gasteiger partial charge is 0.175 e. The Morgan fingerprint density at radius 1 is 1.00 bits per heavy atom. The Labute approximate surface area is 124 Å². The van der Waals surface area contributed by atoms with Gasteiger partial charge in [0.15, 0.2) is 9.84 Å². The third-order valence-electron chi connectivity index (χ3n) is 3.14. The van der Waals surface area contributed by atoms with Gasteiger partial charge in [0.2, 0.25) is 0 Å². The summed E-state index contributed by atoms with van der Waals surface area (Å²) in [6.45, 7) is 1.92. The number of benzene rings is 2. The summed E-state index contributed by atoms with van der Waals surface area (Å²) in [5.74, 6) is 1.19. The predicted molar refractivity (Wildman–Crippen MR) is 81.3 cm³/mol. The van der Waals surface area contributed by atoms with E-state index >= 15 is 0 Å². The Hall–Kier alpha value is -1.85. The number of sulfone groups is 1. The molecule has 2 aromatic carbocycles. The van der Waals surface area contributed by atoms with E-state index in [4.69, 9.17) is 4.74 Å². The normalized spacial score (nSPS) is 12.9. The molecule has 0 heterocycles. The van der Waals surface area contributed by atoms with Crippen LogP contribution < -0.4 is 4.74 Å². The van der Waals surface area contributed by atoms with Crippen molar-refractivity contribution >= 4 is 9.84 Å². The second-order valence-electron chi connectivity index (χ2n) is 4.84. The standard InChI is InChI=1S/C16H18O4S/c1-3-16(17)12-4-6-13(7-5-12)20-14-8-10-15(11-9-14)21(2,18)19/h4-11,16-17H,3H2,1-2H3/t16-/m0/s1. The zero-order valence-corrected chi connectivity index (χ0v) is 12.8. The number of hydrogen-bond donors (Lipinski definition) is 1. The van der Waals surface area contributed by atoms with Crippen LogP contribution in [0.3, 0.4) is 0 Å². The summed E-state index contributed by atoms with van der Waals surface area (Å²) in [6, 6.07) is 13.4. The van der Waals surface area contributed by atoms with Crippen LogP contribution in [0.4, 0.5) is 0 Å². The fourth-order valence-electron chi connectivity index (χ4n) is 1.88. The van der Waals surface area contributed by atoms with Gasteiger partial charge in [0.1, 0.15) is 11.5 Å². The van der Waals surface area contributed by atoms with E-state index in [0.29, 0.717) is 17.9 Å². The quantitative estimate of drug-likeness (QED) is 0.920. The first-order valence-corrected chi connectivity index (χ1v) is 8.55. The molecule has 5 heteroatoms. The van der Waals surface area contributed by atoms with Crippen molar-refractivity contribution in [3.8, 4) is 11.5 Å². The van der Waals surface area contributed by atoms with E-state index in [0.717, 1.165) is 5.56 Å². The van der Waals surface area contributed by atoms with Crippen LogP contribution in [0.5, 0.6) is 11.5 Å². The third kappa shape index (κ3) is 4.06. The van der Waals surface area contributed by atoms with Crippen molar-refractivity contribution in [2.75, 3.05) is 6.26 Å². The van der Waals surface area contributed by atoms with E-state index in [9.17, 15) is 13.5 Å². The highest BCUT2D eigenvalue weighted by Crippen LogP contribution is 2.25. The van der Waals surface area contributed by atoms with E-state index in [-0.39, 0.29) is 4.90 Å². The average Bonchev–Trinajstić information content (AvgIpc) is 2.47. The van der Waals surface area contributed by atoms with Gasteiger partial charge < -0.3 is 9.84 Å². The molecular formula is C16H18O4S. The van der Waals surface area contributed by atoms with Crippen LogP contribution >= 0.6 is 0 Å². The largest absolute Gasteiger partial charge is 0.457 e. The van der Waals surface area contributed by atoms with Gasteiger partial charge in [-0.25, -0.2) is 8.42 Å². The summed E-state index contributed by atoms with van der Waals surface area (Å²) < 4.78 is 28.4. The summed E-state index contributed by atoms with van der Waals surface area (Å²) in [6.07, 6.45) is 1.36. The maximum Gasteiger partial charge on any atom is 0.175 e. The van der Waals surface area contributed by atoms with Crippen molar-refractivity contribution < 1.29 is 18.3 Å². The summed E-state index contributed by atoms with van der Waals surface area (Å²) in [7, 11) is -3.19. The number of hydrogen-bond acceptors (Lipinski definition) is 4. The van der Waals surface area contributed by atoms with Crippen LogP contribution in [0.25, 0.3) is 0 Å². The lowest BCUT2D eigenvalue weighted by Gasteiger charge is -2.10. The number of ether oxygens (including phenoxy) is 1. The molecule has 0 aliphatic rings. The minimum absolute atomic E-state index is 0.260. The molecule has 0 aromatic heterocycles. The van der Waals surface area contributed by atoms with Crippen molar-refractivity contribution in [3.63, 3.8) is 0 Å². The first kappa shape index (κ1) is 15.5. The van der Waals surface area contributed by atoms with Gasteiger partial charge in [0, 0.05) is 6.26 Å². The third-order valence-corrected chi connectivity index (χ3v) is 4.27. The van der Waals surface area contributed by atoms with Gasteiger partial charge in [-0.05, 0) is 48.4 Å². The Kier molecular flexibility index (Phi) is 4.65. The molecule has 21 heavy (non-hydrogen) atoms. The molecule has 2 rings (SSSR count). The minimum Gasteiger partial charge on any atom is -0.457 e. The van der Waals surface area contributed by atoms with Gasteiger partial charge in [-0.15, -0.1) is 0 Å². The maximum atomic E-state index is 11.4. The highest BCUT2D eigenvalue weighted by molar-refractivity contribution is 7.90.